The summed E-state index contributed by atoms with van der Waals surface area (Å²) in [6, 6.07) is 28.9. The molecule has 0 atom stereocenters. The number of rotatable bonds is 8. The molecule has 0 aliphatic heterocycles. The summed E-state index contributed by atoms with van der Waals surface area (Å²) in [7, 11) is 1.42. The largest absolute Gasteiger partial charge is 0.496 e. The first kappa shape index (κ1) is 26.4. The Hall–Kier alpha value is -4.80. The number of thioether (sulfide) groups is 1. The standard InChI is InChI=1S/C31H22N4O4S2/c1-39-22-11-13-26(28(16-22)35(37)38)33-30(36)18-40-31-34-27-12-10-21(15-29(27)41-31)32-17-25-23-8-4-2-6-19(23)14-20-7-3-5-9-24(20)25/h2-17H,18H2,1H3,(H,33,36). The molecular formula is C31H22N4O4S2. The first-order chi connectivity index (χ1) is 20.0. The number of hydrogen-bond acceptors (Lipinski definition) is 8. The molecule has 202 valence electrons. The summed E-state index contributed by atoms with van der Waals surface area (Å²) in [4.78, 5) is 32.8. The van der Waals surface area contributed by atoms with Gasteiger partial charge in [0.25, 0.3) is 5.69 Å². The van der Waals surface area contributed by atoms with Crippen molar-refractivity contribution in [3.8, 4) is 5.75 Å². The molecule has 1 aromatic heterocycles. The Bertz CT molecular complexity index is 1930. The number of carbonyl (C=O) groups is 1. The van der Waals surface area contributed by atoms with E-state index in [1.807, 2.05) is 48.7 Å². The fraction of sp³-hybridized carbons (Fsp3) is 0.0645. The van der Waals surface area contributed by atoms with Gasteiger partial charge in [-0.3, -0.25) is 19.9 Å². The molecule has 0 unspecified atom stereocenters. The summed E-state index contributed by atoms with van der Waals surface area (Å²) in [5, 5.41) is 18.6. The number of ether oxygens (including phenoxy) is 1. The Morgan fingerprint density at radius 1 is 1.02 bits per heavy atom. The summed E-state index contributed by atoms with van der Waals surface area (Å²) in [5.41, 5.74) is 2.58. The van der Waals surface area contributed by atoms with Crippen LogP contribution in [0, 0.1) is 10.1 Å². The smallest absolute Gasteiger partial charge is 0.296 e. The lowest BCUT2D eigenvalue weighted by atomic mass is 9.97. The van der Waals surface area contributed by atoms with Gasteiger partial charge in [0.2, 0.25) is 5.91 Å². The van der Waals surface area contributed by atoms with Crippen LogP contribution in [0.4, 0.5) is 17.1 Å². The molecule has 0 aliphatic rings. The highest BCUT2D eigenvalue weighted by Gasteiger charge is 2.18. The lowest BCUT2D eigenvalue weighted by Crippen LogP contribution is -2.15. The Morgan fingerprint density at radius 3 is 2.46 bits per heavy atom. The number of aliphatic imine (C=N–C) groups is 1. The van der Waals surface area contributed by atoms with Crippen LogP contribution in [0.1, 0.15) is 5.56 Å². The fourth-order valence-electron chi connectivity index (χ4n) is 4.57. The normalized spacial score (nSPS) is 11.4. The van der Waals surface area contributed by atoms with Gasteiger partial charge in [-0.15, -0.1) is 11.3 Å². The molecule has 0 fully saturated rings. The number of hydrogen-bond donors (Lipinski definition) is 1. The molecule has 0 aliphatic carbocycles. The third-order valence-corrected chi connectivity index (χ3v) is 8.67. The van der Waals surface area contributed by atoms with Crippen LogP contribution in [-0.2, 0) is 4.79 Å². The summed E-state index contributed by atoms with van der Waals surface area (Å²) in [6.07, 6.45) is 1.92. The number of nitro groups is 1. The van der Waals surface area contributed by atoms with E-state index in [0.717, 1.165) is 47.4 Å². The third kappa shape index (κ3) is 5.60. The van der Waals surface area contributed by atoms with Gasteiger partial charge in [0, 0.05) is 11.8 Å². The SMILES string of the molecule is COc1ccc(NC(=O)CSc2nc3ccc(N=Cc4c5ccccc5cc5ccccc45)cc3s2)c([N+](=O)[O-])c1. The number of nitro benzene ring substituents is 1. The van der Waals surface area contributed by atoms with E-state index in [4.69, 9.17) is 9.73 Å². The van der Waals surface area contributed by atoms with Gasteiger partial charge in [0.15, 0.2) is 4.34 Å². The van der Waals surface area contributed by atoms with E-state index in [1.54, 1.807) is 6.07 Å². The highest BCUT2D eigenvalue weighted by atomic mass is 32.2. The first-order valence-corrected chi connectivity index (χ1v) is 14.4. The predicted molar refractivity (Wildman–Crippen MR) is 167 cm³/mol. The van der Waals surface area contributed by atoms with E-state index >= 15 is 0 Å². The molecule has 0 bridgehead atoms. The third-order valence-electron chi connectivity index (χ3n) is 6.51. The minimum Gasteiger partial charge on any atom is -0.496 e. The number of methoxy groups -OCH3 is 1. The van der Waals surface area contributed by atoms with Gasteiger partial charge in [-0.05, 0) is 57.9 Å². The van der Waals surface area contributed by atoms with E-state index in [1.165, 1.54) is 42.3 Å². The second kappa shape index (κ2) is 11.4. The van der Waals surface area contributed by atoms with Gasteiger partial charge in [0.1, 0.15) is 11.4 Å². The van der Waals surface area contributed by atoms with Gasteiger partial charge < -0.3 is 10.1 Å². The van der Waals surface area contributed by atoms with Gasteiger partial charge >= 0.3 is 0 Å². The molecule has 6 rings (SSSR count). The van der Waals surface area contributed by atoms with E-state index in [0.29, 0.717) is 5.75 Å². The maximum atomic E-state index is 12.6. The number of amides is 1. The lowest BCUT2D eigenvalue weighted by Gasteiger charge is -2.07. The van der Waals surface area contributed by atoms with Crippen LogP contribution in [-0.4, -0.2) is 34.9 Å². The van der Waals surface area contributed by atoms with Crippen molar-refractivity contribution in [2.45, 2.75) is 4.34 Å². The van der Waals surface area contributed by atoms with E-state index in [9.17, 15) is 14.9 Å². The van der Waals surface area contributed by atoms with Crippen molar-refractivity contribution >= 4 is 84.0 Å². The first-order valence-electron chi connectivity index (χ1n) is 12.6. The zero-order chi connectivity index (χ0) is 28.3. The number of benzene rings is 5. The van der Waals surface area contributed by atoms with E-state index in [2.05, 4.69) is 40.6 Å². The highest BCUT2D eigenvalue weighted by Crippen LogP contribution is 2.34. The van der Waals surface area contributed by atoms with Crippen LogP contribution in [0.25, 0.3) is 31.8 Å². The van der Waals surface area contributed by atoms with Crippen molar-refractivity contribution in [1.29, 1.82) is 0 Å². The monoisotopic (exact) mass is 578 g/mol. The number of nitrogens with zero attached hydrogens (tertiary/aromatic N) is 3. The molecule has 10 heteroatoms. The second-order valence-electron chi connectivity index (χ2n) is 9.10. The highest BCUT2D eigenvalue weighted by molar-refractivity contribution is 8.01. The van der Waals surface area contributed by atoms with Crippen molar-refractivity contribution in [3.63, 3.8) is 0 Å². The number of carbonyl (C=O) groups excluding carboxylic acids is 1. The molecule has 1 heterocycles. The summed E-state index contributed by atoms with van der Waals surface area (Å²) in [5.74, 6) is 0.0326. The van der Waals surface area contributed by atoms with E-state index in [-0.39, 0.29) is 23.0 Å². The van der Waals surface area contributed by atoms with Gasteiger partial charge in [-0.25, -0.2) is 4.98 Å². The quantitative estimate of drug-likeness (QED) is 0.0645. The molecule has 0 radical (unpaired) electrons. The average molecular weight is 579 g/mol. The van der Waals surface area contributed by atoms with Crippen LogP contribution < -0.4 is 10.1 Å². The van der Waals surface area contributed by atoms with Crippen LogP contribution >= 0.6 is 23.1 Å². The van der Waals surface area contributed by atoms with Crippen molar-refractivity contribution < 1.29 is 14.5 Å². The zero-order valence-corrected chi connectivity index (χ0v) is 23.4. The Morgan fingerprint density at radius 2 is 1.76 bits per heavy atom. The maximum absolute atomic E-state index is 12.6. The Balaban J connectivity index is 1.19. The molecule has 6 aromatic rings. The van der Waals surface area contributed by atoms with Gasteiger partial charge in [0.05, 0.1) is 39.8 Å². The van der Waals surface area contributed by atoms with Crippen molar-refractivity contribution in [3.05, 3.63) is 107 Å². The Labute approximate surface area is 242 Å². The molecule has 1 amide bonds. The Kier molecular flexibility index (Phi) is 7.32. The molecule has 0 spiro atoms. The molecule has 0 saturated carbocycles. The zero-order valence-electron chi connectivity index (χ0n) is 21.7. The molecular weight excluding hydrogens is 556 g/mol. The summed E-state index contributed by atoms with van der Waals surface area (Å²) >= 11 is 2.75. The van der Waals surface area contributed by atoms with Crippen molar-refractivity contribution in [1.82, 2.24) is 4.98 Å². The predicted octanol–water partition coefficient (Wildman–Crippen LogP) is 8.00. The van der Waals surface area contributed by atoms with Crippen LogP contribution in [0.15, 0.2) is 100 Å². The average Bonchev–Trinajstić information content (AvgIpc) is 3.40. The number of thiazole rings is 1. The number of anilines is 1. The number of fused-ring (bicyclic) bond motifs is 3. The molecule has 1 N–H and O–H groups in total. The second-order valence-corrected chi connectivity index (χ2v) is 11.4. The van der Waals surface area contributed by atoms with Gasteiger partial charge in [-0.2, -0.15) is 0 Å². The van der Waals surface area contributed by atoms with Crippen LogP contribution in [0.3, 0.4) is 0 Å². The minimum atomic E-state index is -0.554. The van der Waals surface area contributed by atoms with Crippen molar-refractivity contribution in [2.75, 3.05) is 18.2 Å². The molecule has 8 nitrogen and oxygen atoms in total. The van der Waals surface area contributed by atoms with Gasteiger partial charge in [-0.1, -0.05) is 60.3 Å². The topological polar surface area (TPSA) is 107 Å². The van der Waals surface area contributed by atoms with E-state index < -0.39 is 4.92 Å². The summed E-state index contributed by atoms with van der Waals surface area (Å²) < 4.78 is 6.72. The van der Waals surface area contributed by atoms with Crippen LogP contribution in [0.5, 0.6) is 5.75 Å². The summed E-state index contributed by atoms with van der Waals surface area (Å²) in [6.45, 7) is 0. The lowest BCUT2D eigenvalue weighted by molar-refractivity contribution is -0.384. The van der Waals surface area contributed by atoms with Crippen LogP contribution in [0.2, 0.25) is 0 Å². The minimum absolute atomic E-state index is 0.0577. The van der Waals surface area contributed by atoms with Crippen molar-refractivity contribution in [2.24, 2.45) is 4.99 Å². The molecule has 5 aromatic carbocycles. The number of aromatic nitrogens is 1. The maximum Gasteiger partial charge on any atom is 0.296 e. The molecule has 0 saturated heterocycles. The number of nitrogens with one attached hydrogen (secondary N) is 1. The molecule has 41 heavy (non-hydrogen) atoms. The fourth-order valence-corrected chi connectivity index (χ4v) is 6.47.